The van der Waals surface area contributed by atoms with E-state index in [9.17, 15) is 0 Å². The molecule has 0 aromatic carbocycles. The molecule has 1 aliphatic rings. The SMILES string of the molecule is CCNC(=NCC(C)(C)N1CCCC(CC)C1)NCC.I. The summed E-state index contributed by atoms with van der Waals surface area (Å²) in [6.45, 7) is 16.3. The van der Waals surface area contributed by atoms with E-state index in [1.807, 2.05) is 0 Å². The summed E-state index contributed by atoms with van der Waals surface area (Å²) in [4.78, 5) is 7.38. The molecule has 0 aromatic heterocycles. The Balaban J connectivity index is 0.00000400. The predicted octanol–water partition coefficient (Wildman–Crippen LogP) is 3.08. The number of rotatable bonds is 6. The molecule has 0 aromatic rings. The van der Waals surface area contributed by atoms with E-state index >= 15 is 0 Å². The fraction of sp³-hybridized carbons (Fsp3) is 0.938. The highest BCUT2D eigenvalue weighted by Crippen LogP contribution is 2.25. The molecule has 1 aliphatic heterocycles. The molecule has 21 heavy (non-hydrogen) atoms. The number of hydrogen-bond donors (Lipinski definition) is 2. The summed E-state index contributed by atoms with van der Waals surface area (Å²) in [6.07, 6.45) is 4.03. The van der Waals surface area contributed by atoms with Crippen LogP contribution in [0.4, 0.5) is 0 Å². The van der Waals surface area contributed by atoms with Crippen LogP contribution in [0.5, 0.6) is 0 Å². The number of aliphatic imine (C=N–C) groups is 1. The van der Waals surface area contributed by atoms with Crippen LogP contribution in [0, 0.1) is 5.92 Å². The first kappa shape index (κ1) is 21.0. The molecule has 0 radical (unpaired) electrons. The Morgan fingerprint density at radius 3 is 2.33 bits per heavy atom. The second kappa shape index (κ2) is 10.6. The Bertz CT molecular complexity index is 297. The van der Waals surface area contributed by atoms with E-state index < -0.39 is 0 Å². The van der Waals surface area contributed by atoms with E-state index in [0.29, 0.717) is 0 Å². The van der Waals surface area contributed by atoms with Gasteiger partial charge in [0.2, 0.25) is 0 Å². The molecule has 0 bridgehead atoms. The Labute approximate surface area is 148 Å². The molecule has 0 aliphatic carbocycles. The molecule has 0 saturated carbocycles. The van der Waals surface area contributed by atoms with Crippen molar-refractivity contribution in [3.05, 3.63) is 0 Å². The molecule has 126 valence electrons. The van der Waals surface area contributed by atoms with Gasteiger partial charge in [0.05, 0.1) is 6.54 Å². The Morgan fingerprint density at radius 1 is 1.19 bits per heavy atom. The van der Waals surface area contributed by atoms with Crippen LogP contribution < -0.4 is 10.6 Å². The van der Waals surface area contributed by atoms with Gasteiger partial charge >= 0.3 is 0 Å². The first-order chi connectivity index (χ1) is 9.53. The van der Waals surface area contributed by atoms with Crippen LogP contribution in [0.15, 0.2) is 4.99 Å². The monoisotopic (exact) mass is 410 g/mol. The maximum Gasteiger partial charge on any atom is 0.191 e. The smallest absolute Gasteiger partial charge is 0.191 e. The minimum Gasteiger partial charge on any atom is -0.357 e. The molecule has 1 rings (SSSR count). The maximum atomic E-state index is 4.75. The largest absolute Gasteiger partial charge is 0.357 e. The average molecular weight is 410 g/mol. The van der Waals surface area contributed by atoms with Crippen molar-refractivity contribution < 1.29 is 0 Å². The Morgan fingerprint density at radius 2 is 1.81 bits per heavy atom. The number of likely N-dealkylation sites (tertiary alicyclic amines) is 1. The molecule has 1 fully saturated rings. The minimum absolute atomic E-state index is 0. The quantitative estimate of drug-likeness (QED) is 0.402. The van der Waals surface area contributed by atoms with Gasteiger partial charge < -0.3 is 10.6 Å². The number of halogens is 1. The van der Waals surface area contributed by atoms with Crippen molar-refractivity contribution in [3.8, 4) is 0 Å². The van der Waals surface area contributed by atoms with E-state index in [-0.39, 0.29) is 29.5 Å². The zero-order valence-electron chi connectivity index (χ0n) is 14.5. The van der Waals surface area contributed by atoms with Crippen LogP contribution >= 0.6 is 24.0 Å². The topological polar surface area (TPSA) is 39.7 Å². The van der Waals surface area contributed by atoms with Gasteiger partial charge in [-0.05, 0) is 53.0 Å². The number of nitrogens with one attached hydrogen (secondary N) is 2. The summed E-state index contributed by atoms with van der Waals surface area (Å²) in [5, 5.41) is 6.60. The number of guanidine groups is 1. The molecule has 4 nitrogen and oxygen atoms in total. The molecule has 1 unspecified atom stereocenters. The average Bonchev–Trinajstić information content (AvgIpc) is 2.45. The van der Waals surface area contributed by atoms with E-state index in [2.05, 4.69) is 50.2 Å². The van der Waals surface area contributed by atoms with Crippen LogP contribution in [-0.4, -0.2) is 49.1 Å². The summed E-state index contributed by atoms with van der Waals surface area (Å²) in [7, 11) is 0. The van der Waals surface area contributed by atoms with Crippen LogP contribution in [0.1, 0.15) is 53.9 Å². The van der Waals surface area contributed by atoms with Crippen LogP contribution in [0.2, 0.25) is 0 Å². The summed E-state index contributed by atoms with van der Waals surface area (Å²) < 4.78 is 0. The van der Waals surface area contributed by atoms with E-state index in [4.69, 9.17) is 4.99 Å². The van der Waals surface area contributed by atoms with Crippen molar-refractivity contribution in [1.82, 2.24) is 15.5 Å². The minimum atomic E-state index is 0. The standard InChI is InChI=1S/C16H34N4.HI/c1-6-14-10-9-11-20(12-14)16(4,5)13-19-15(17-7-2)18-8-3;/h14H,6-13H2,1-5H3,(H2,17,18,19);1H. The first-order valence-electron chi connectivity index (χ1n) is 8.30. The van der Waals surface area contributed by atoms with Crippen molar-refractivity contribution >= 4 is 29.9 Å². The molecule has 1 atom stereocenters. The molecule has 1 heterocycles. The second-order valence-electron chi connectivity index (χ2n) is 6.40. The second-order valence-corrected chi connectivity index (χ2v) is 6.40. The highest BCUT2D eigenvalue weighted by Gasteiger charge is 2.30. The van der Waals surface area contributed by atoms with Gasteiger partial charge in [-0.3, -0.25) is 9.89 Å². The first-order valence-corrected chi connectivity index (χ1v) is 8.30. The summed E-state index contributed by atoms with van der Waals surface area (Å²) in [5.74, 6) is 1.81. The van der Waals surface area contributed by atoms with Gasteiger partial charge in [-0.15, -0.1) is 24.0 Å². The van der Waals surface area contributed by atoms with Crippen molar-refractivity contribution in [2.24, 2.45) is 10.9 Å². The molecule has 0 amide bonds. The third-order valence-electron chi connectivity index (χ3n) is 4.26. The van der Waals surface area contributed by atoms with Crippen LogP contribution in [0.25, 0.3) is 0 Å². The van der Waals surface area contributed by atoms with E-state index in [0.717, 1.165) is 31.5 Å². The lowest BCUT2D eigenvalue weighted by molar-refractivity contribution is 0.0713. The number of piperidine rings is 1. The predicted molar refractivity (Wildman–Crippen MR) is 104 cm³/mol. The summed E-state index contributed by atoms with van der Waals surface area (Å²) >= 11 is 0. The van der Waals surface area contributed by atoms with Crippen molar-refractivity contribution in [3.63, 3.8) is 0 Å². The Hall–Kier alpha value is -0.0400. The van der Waals surface area contributed by atoms with Crippen molar-refractivity contribution in [2.45, 2.75) is 59.4 Å². The van der Waals surface area contributed by atoms with Gasteiger partial charge in [-0.25, -0.2) is 0 Å². The van der Waals surface area contributed by atoms with Crippen LogP contribution in [-0.2, 0) is 0 Å². The van der Waals surface area contributed by atoms with Gasteiger partial charge in [-0.2, -0.15) is 0 Å². The van der Waals surface area contributed by atoms with E-state index in [1.165, 1.54) is 32.4 Å². The molecule has 1 saturated heterocycles. The zero-order chi connectivity index (χ0) is 15.0. The lowest BCUT2D eigenvalue weighted by atomic mass is 9.91. The van der Waals surface area contributed by atoms with Crippen molar-refractivity contribution in [1.29, 1.82) is 0 Å². The number of hydrogen-bond acceptors (Lipinski definition) is 2. The van der Waals surface area contributed by atoms with Crippen LogP contribution in [0.3, 0.4) is 0 Å². The fourth-order valence-electron chi connectivity index (χ4n) is 2.83. The third kappa shape index (κ3) is 7.17. The molecule has 5 heteroatoms. The molecular formula is C16H35IN4. The highest BCUT2D eigenvalue weighted by atomic mass is 127. The lowest BCUT2D eigenvalue weighted by Crippen LogP contribution is -2.51. The molecule has 2 N–H and O–H groups in total. The fourth-order valence-corrected chi connectivity index (χ4v) is 2.83. The van der Waals surface area contributed by atoms with Gasteiger partial charge in [0.1, 0.15) is 0 Å². The lowest BCUT2D eigenvalue weighted by Gasteiger charge is -2.43. The van der Waals surface area contributed by atoms with Crippen molar-refractivity contribution in [2.75, 3.05) is 32.7 Å². The maximum absolute atomic E-state index is 4.75. The highest BCUT2D eigenvalue weighted by molar-refractivity contribution is 14.0. The normalized spacial score (nSPS) is 19.6. The number of nitrogens with zero attached hydrogens (tertiary/aromatic N) is 2. The van der Waals surface area contributed by atoms with Gasteiger partial charge in [0.15, 0.2) is 5.96 Å². The third-order valence-corrected chi connectivity index (χ3v) is 4.26. The zero-order valence-corrected chi connectivity index (χ0v) is 16.9. The summed E-state index contributed by atoms with van der Waals surface area (Å²) in [5.41, 5.74) is 0.143. The molecular weight excluding hydrogens is 375 g/mol. The van der Waals surface area contributed by atoms with Gasteiger partial charge in [0, 0.05) is 25.2 Å². The Kier molecular flexibility index (Phi) is 10.6. The van der Waals surface area contributed by atoms with E-state index in [1.54, 1.807) is 0 Å². The van der Waals surface area contributed by atoms with Gasteiger partial charge in [-0.1, -0.05) is 13.3 Å². The summed E-state index contributed by atoms with van der Waals surface area (Å²) in [6, 6.07) is 0. The molecule has 0 spiro atoms. The van der Waals surface area contributed by atoms with Gasteiger partial charge in [0.25, 0.3) is 0 Å².